The monoisotopic (exact) mass is 334 g/mol. The average Bonchev–Trinajstić information content (AvgIpc) is 3.11. The van der Waals surface area contributed by atoms with Crippen molar-refractivity contribution in [3.05, 3.63) is 29.8 Å². The summed E-state index contributed by atoms with van der Waals surface area (Å²) < 4.78 is 0. The molecular formula is C15H22N6O3. The van der Waals surface area contributed by atoms with E-state index >= 15 is 0 Å². The number of carbonyl (C=O) groups is 1. The molecule has 9 heteroatoms. The highest BCUT2D eigenvalue weighted by atomic mass is 16.4. The summed E-state index contributed by atoms with van der Waals surface area (Å²) >= 11 is 0. The number of carboxylic acid groups (broad SMARTS) is 1. The number of hydrogen-bond donors (Lipinski definition) is 4. The molecule has 2 heterocycles. The summed E-state index contributed by atoms with van der Waals surface area (Å²) in [7, 11) is 0. The second kappa shape index (κ2) is 8.92. The molecule has 0 saturated heterocycles. The number of aliphatic carboxylic acids is 1. The van der Waals surface area contributed by atoms with Crippen LogP contribution in [0.4, 0.5) is 5.69 Å². The Morgan fingerprint density at radius 2 is 2.25 bits per heavy atom. The lowest BCUT2D eigenvalue weighted by atomic mass is 9.84. The Hall–Kier alpha value is -2.55. The van der Waals surface area contributed by atoms with Gasteiger partial charge in [-0.05, 0) is 29.0 Å². The fourth-order valence-electron chi connectivity index (χ4n) is 2.64. The first-order valence-corrected chi connectivity index (χ1v) is 7.91. The summed E-state index contributed by atoms with van der Waals surface area (Å²) in [5.41, 5.74) is 1.56. The number of nitrogens with zero attached hydrogens (tertiary/aromatic N) is 4. The van der Waals surface area contributed by atoms with Crippen LogP contribution in [-0.2, 0) is 11.2 Å². The van der Waals surface area contributed by atoms with Gasteiger partial charge in [-0.3, -0.25) is 9.78 Å². The molecule has 0 bridgehead atoms. The van der Waals surface area contributed by atoms with Crippen LogP contribution in [0.2, 0.25) is 0 Å². The van der Waals surface area contributed by atoms with Gasteiger partial charge in [-0.2, -0.15) is 0 Å². The van der Waals surface area contributed by atoms with Gasteiger partial charge in [-0.15, -0.1) is 5.10 Å². The largest absolute Gasteiger partial charge is 0.481 e. The summed E-state index contributed by atoms with van der Waals surface area (Å²) in [4.78, 5) is 16.0. The quantitative estimate of drug-likeness (QED) is 0.501. The molecular weight excluding hydrogens is 312 g/mol. The van der Waals surface area contributed by atoms with Gasteiger partial charge in [0, 0.05) is 24.6 Å². The number of aliphatic hydroxyl groups is 1. The third kappa shape index (κ3) is 4.72. The first kappa shape index (κ1) is 17.8. The molecule has 0 spiro atoms. The topological polar surface area (TPSA) is 137 Å². The van der Waals surface area contributed by atoms with Crippen molar-refractivity contribution in [3.8, 4) is 0 Å². The zero-order valence-corrected chi connectivity index (χ0v) is 13.5. The molecule has 0 amide bonds. The average molecular weight is 334 g/mol. The Kier molecular flexibility index (Phi) is 6.62. The molecule has 0 aliphatic rings. The van der Waals surface area contributed by atoms with E-state index in [1.807, 2.05) is 19.1 Å². The van der Waals surface area contributed by atoms with Crippen LogP contribution in [0.15, 0.2) is 18.3 Å². The Morgan fingerprint density at radius 3 is 2.79 bits per heavy atom. The Bertz CT molecular complexity index is 617. The molecule has 0 aliphatic heterocycles. The van der Waals surface area contributed by atoms with Crippen molar-refractivity contribution < 1.29 is 15.0 Å². The molecule has 4 N–H and O–H groups in total. The molecule has 2 aromatic rings. The lowest BCUT2D eigenvalue weighted by Gasteiger charge is -2.21. The number of aromatic amines is 1. The summed E-state index contributed by atoms with van der Waals surface area (Å²) in [6, 6.07) is 3.69. The first-order valence-electron chi connectivity index (χ1n) is 7.91. The normalized spacial score (nSPS) is 13.4. The number of aliphatic hydroxyl groups excluding tert-OH is 1. The van der Waals surface area contributed by atoms with Crippen molar-refractivity contribution in [2.75, 3.05) is 18.5 Å². The van der Waals surface area contributed by atoms with Crippen LogP contribution >= 0.6 is 0 Å². The van der Waals surface area contributed by atoms with Gasteiger partial charge in [0.1, 0.15) is 0 Å². The van der Waals surface area contributed by atoms with Gasteiger partial charge < -0.3 is 15.5 Å². The van der Waals surface area contributed by atoms with Crippen LogP contribution in [0, 0.1) is 5.92 Å². The van der Waals surface area contributed by atoms with Crippen molar-refractivity contribution in [1.29, 1.82) is 0 Å². The molecule has 2 aromatic heterocycles. The van der Waals surface area contributed by atoms with Crippen molar-refractivity contribution in [2.45, 2.75) is 32.1 Å². The fraction of sp³-hybridized carbons (Fsp3) is 0.533. The molecule has 0 aromatic carbocycles. The van der Waals surface area contributed by atoms with Crippen LogP contribution in [0.1, 0.15) is 37.2 Å². The van der Waals surface area contributed by atoms with Gasteiger partial charge in [0.15, 0.2) is 5.82 Å². The van der Waals surface area contributed by atoms with E-state index in [9.17, 15) is 9.90 Å². The van der Waals surface area contributed by atoms with Crippen LogP contribution in [-0.4, -0.2) is 54.9 Å². The summed E-state index contributed by atoms with van der Waals surface area (Å²) in [5.74, 6) is -1.36. The van der Waals surface area contributed by atoms with E-state index < -0.39 is 11.9 Å². The maximum absolute atomic E-state index is 11.7. The summed E-state index contributed by atoms with van der Waals surface area (Å²) in [5, 5.41) is 35.1. The second-order valence-corrected chi connectivity index (χ2v) is 5.52. The van der Waals surface area contributed by atoms with Gasteiger partial charge in [0.2, 0.25) is 0 Å². The van der Waals surface area contributed by atoms with E-state index in [0.717, 1.165) is 17.8 Å². The van der Waals surface area contributed by atoms with Crippen molar-refractivity contribution in [2.24, 2.45) is 5.92 Å². The predicted molar refractivity (Wildman–Crippen MR) is 86.5 cm³/mol. The predicted octanol–water partition coefficient (Wildman–Crippen LogP) is 0.826. The highest BCUT2D eigenvalue weighted by molar-refractivity contribution is 5.71. The summed E-state index contributed by atoms with van der Waals surface area (Å²) in [6.07, 6.45) is 3.38. The number of H-pyrrole nitrogens is 1. The lowest BCUT2D eigenvalue weighted by Crippen LogP contribution is -2.25. The SMILES string of the molecule is CCC[C@H](C(=O)O)C(Cc1ccc(NCCO)cn1)c1nnn[nH]1. The molecule has 0 aliphatic carbocycles. The van der Waals surface area contributed by atoms with E-state index in [4.69, 9.17) is 5.11 Å². The number of carboxylic acids is 1. The molecule has 130 valence electrons. The molecule has 0 fully saturated rings. The third-order valence-electron chi connectivity index (χ3n) is 3.81. The second-order valence-electron chi connectivity index (χ2n) is 5.52. The number of rotatable bonds is 10. The summed E-state index contributed by atoms with van der Waals surface area (Å²) in [6.45, 7) is 2.44. The number of pyridine rings is 1. The molecule has 0 saturated carbocycles. The molecule has 1 unspecified atom stereocenters. The molecule has 0 radical (unpaired) electrons. The smallest absolute Gasteiger partial charge is 0.307 e. The lowest BCUT2D eigenvalue weighted by molar-refractivity contribution is -0.143. The van der Waals surface area contributed by atoms with Crippen molar-refractivity contribution in [3.63, 3.8) is 0 Å². The van der Waals surface area contributed by atoms with Gasteiger partial charge in [-0.25, -0.2) is 5.10 Å². The van der Waals surface area contributed by atoms with E-state index in [-0.39, 0.29) is 12.5 Å². The van der Waals surface area contributed by atoms with Gasteiger partial charge in [0.05, 0.1) is 24.4 Å². The van der Waals surface area contributed by atoms with E-state index in [1.54, 1.807) is 6.20 Å². The zero-order valence-electron chi connectivity index (χ0n) is 13.5. The zero-order chi connectivity index (χ0) is 17.4. The maximum Gasteiger partial charge on any atom is 0.307 e. The minimum absolute atomic E-state index is 0.0413. The van der Waals surface area contributed by atoms with Gasteiger partial charge in [-0.1, -0.05) is 13.3 Å². The fourth-order valence-corrected chi connectivity index (χ4v) is 2.64. The van der Waals surface area contributed by atoms with Crippen LogP contribution < -0.4 is 5.32 Å². The first-order chi connectivity index (χ1) is 11.7. The van der Waals surface area contributed by atoms with Crippen LogP contribution in [0.3, 0.4) is 0 Å². The molecule has 2 rings (SSSR count). The van der Waals surface area contributed by atoms with Crippen LogP contribution in [0.5, 0.6) is 0 Å². The van der Waals surface area contributed by atoms with Gasteiger partial charge in [0.25, 0.3) is 0 Å². The molecule has 24 heavy (non-hydrogen) atoms. The standard InChI is InChI=1S/C15H22N6O3/c1-2-3-12(15(23)24)13(14-18-20-21-19-14)8-10-4-5-11(9-17-10)16-6-7-22/h4-5,9,12-13,16,22H,2-3,6-8H2,1H3,(H,23,24)(H,18,19,20,21)/t12-,13?/m0/s1. The number of hydrogen-bond acceptors (Lipinski definition) is 7. The highest BCUT2D eigenvalue weighted by Crippen LogP contribution is 2.29. The number of nitrogens with one attached hydrogen (secondary N) is 2. The van der Waals surface area contributed by atoms with Crippen molar-refractivity contribution in [1.82, 2.24) is 25.6 Å². The van der Waals surface area contributed by atoms with E-state index in [2.05, 4.69) is 30.9 Å². The molecule has 2 atom stereocenters. The third-order valence-corrected chi connectivity index (χ3v) is 3.81. The van der Waals surface area contributed by atoms with Gasteiger partial charge >= 0.3 is 5.97 Å². The number of anilines is 1. The molecule has 9 nitrogen and oxygen atoms in total. The minimum Gasteiger partial charge on any atom is -0.481 e. The minimum atomic E-state index is -0.862. The Balaban J connectivity index is 2.17. The van der Waals surface area contributed by atoms with E-state index in [0.29, 0.717) is 25.2 Å². The maximum atomic E-state index is 11.7. The number of aromatic nitrogens is 5. The Labute approximate surface area is 139 Å². The Morgan fingerprint density at radius 1 is 1.42 bits per heavy atom. The van der Waals surface area contributed by atoms with Crippen molar-refractivity contribution >= 4 is 11.7 Å². The van der Waals surface area contributed by atoms with Crippen LogP contribution in [0.25, 0.3) is 0 Å². The highest BCUT2D eigenvalue weighted by Gasteiger charge is 2.31. The van der Waals surface area contributed by atoms with E-state index in [1.165, 1.54) is 0 Å². The number of tetrazole rings is 1.